The maximum atomic E-state index is 12.3. The Kier molecular flexibility index (Phi) is 5.83. The first-order valence-electron chi connectivity index (χ1n) is 7.70. The molecule has 4 heteroatoms. The minimum Gasteiger partial charge on any atom is -0.481 e. The molecule has 0 aromatic heterocycles. The van der Waals surface area contributed by atoms with Gasteiger partial charge in [0.05, 0.1) is 5.69 Å². The molecular formula is C19H22BrNO2. The fraction of sp³-hybridized carbons (Fsp3) is 0.316. The molecule has 122 valence electrons. The van der Waals surface area contributed by atoms with E-state index < -0.39 is 6.10 Å². The number of carbonyl (C=O) groups excluding carboxylic acids is 1. The van der Waals surface area contributed by atoms with Crippen molar-refractivity contribution in [1.29, 1.82) is 0 Å². The number of rotatable bonds is 5. The number of benzene rings is 2. The van der Waals surface area contributed by atoms with Crippen LogP contribution in [0.5, 0.6) is 5.75 Å². The number of ether oxygens (including phenoxy) is 1. The van der Waals surface area contributed by atoms with E-state index in [0.29, 0.717) is 11.7 Å². The van der Waals surface area contributed by atoms with E-state index in [9.17, 15) is 4.79 Å². The Labute approximate surface area is 146 Å². The molecule has 3 nitrogen and oxygen atoms in total. The first-order chi connectivity index (χ1) is 10.9. The molecule has 2 aromatic rings. The van der Waals surface area contributed by atoms with E-state index in [2.05, 4.69) is 35.1 Å². The first kappa shape index (κ1) is 17.5. The van der Waals surface area contributed by atoms with Gasteiger partial charge in [-0.2, -0.15) is 0 Å². The summed E-state index contributed by atoms with van der Waals surface area (Å²) in [4.78, 5) is 12.3. The van der Waals surface area contributed by atoms with Crippen LogP contribution in [0.3, 0.4) is 0 Å². The summed E-state index contributed by atoms with van der Waals surface area (Å²) in [5.74, 6) is 0.992. The second kappa shape index (κ2) is 7.64. The Morgan fingerprint density at radius 3 is 2.30 bits per heavy atom. The van der Waals surface area contributed by atoms with Crippen LogP contribution in [0, 0.1) is 6.92 Å². The minimum absolute atomic E-state index is 0.178. The topological polar surface area (TPSA) is 38.3 Å². The summed E-state index contributed by atoms with van der Waals surface area (Å²) >= 11 is 3.46. The third-order valence-electron chi connectivity index (χ3n) is 3.61. The number of anilines is 1. The van der Waals surface area contributed by atoms with Crippen LogP contribution in [0.1, 0.15) is 37.8 Å². The summed E-state index contributed by atoms with van der Waals surface area (Å²) in [5, 5.41) is 2.88. The predicted octanol–water partition coefficient (Wildman–Crippen LogP) is 5.29. The van der Waals surface area contributed by atoms with Gasteiger partial charge in [-0.1, -0.05) is 32.0 Å². The zero-order chi connectivity index (χ0) is 17.0. The Bertz CT molecular complexity index is 680. The number of aryl methyl sites for hydroxylation is 1. The fourth-order valence-electron chi connectivity index (χ4n) is 2.14. The zero-order valence-corrected chi connectivity index (χ0v) is 15.5. The lowest BCUT2D eigenvalue weighted by atomic mass is 10.0. The molecule has 0 aliphatic carbocycles. The number of halogens is 1. The fourth-order valence-corrected chi connectivity index (χ4v) is 2.74. The molecule has 2 rings (SSSR count). The molecule has 0 bridgehead atoms. The minimum atomic E-state index is -0.576. The van der Waals surface area contributed by atoms with Crippen molar-refractivity contribution >= 4 is 27.5 Å². The van der Waals surface area contributed by atoms with E-state index >= 15 is 0 Å². The highest BCUT2D eigenvalue weighted by atomic mass is 79.9. The standard InChI is InChI=1S/C19H22BrNO2/c1-12(2)15-6-8-16(9-7-15)23-14(4)19(22)21-18-10-5-13(3)11-17(18)20/h5-12,14H,1-4H3,(H,21,22). The Morgan fingerprint density at radius 2 is 1.74 bits per heavy atom. The van der Waals surface area contributed by atoms with Crippen LogP contribution in [-0.2, 0) is 4.79 Å². The van der Waals surface area contributed by atoms with Crippen LogP contribution < -0.4 is 10.1 Å². The molecule has 1 unspecified atom stereocenters. The highest BCUT2D eigenvalue weighted by Gasteiger charge is 2.16. The van der Waals surface area contributed by atoms with Gasteiger partial charge in [0.1, 0.15) is 5.75 Å². The summed E-state index contributed by atoms with van der Waals surface area (Å²) in [6.07, 6.45) is -0.576. The third kappa shape index (κ3) is 4.83. The van der Waals surface area contributed by atoms with Gasteiger partial charge in [-0.25, -0.2) is 0 Å². The summed E-state index contributed by atoms with van der Waals surface area (Å²) in [6.45, 7) is 8.04. The lowest BCUT2D eigenvalue weighted by molar-refractivity contribution is -0.122. The molecule has 1 N–H and O–H groups in total. The SMILES string of the molecule is Cc1ccc(NC(=O)C(C)Oc2ccc(C(C)C)cc2)c(Br)c1. The number of amides is 1. The van der Waals surface area contributed by atoms with Crippen LogP contribution in [0.15, 0.2) is 46.9 Å². The number of hydrogen-bond donors (Lipinski definition) is 1. The van der Waals surface area contributed by atoms with Crippen molar-refractivity contribution in [1.82, 2.24) is 0 Å². The van der Waals surface area contributed by atoms with Gasteiger partial charge in [0.15, 0.2) is 6.10 Å². The molecule has 0 spiro atoms. The largest absolute Gasteiger partial charge is 0.481 e. The Hall–Kier alpha value is -1.81. The van der Waals surface area contributed by atoms with Crippen molar-refractivity contribution in [3.05, 3.63) is 58.1 Å². The van der Waals surface area contributed by atoms with Gasteiger partial charge in [0, 0.05) is 4.47 Å². The van der Waals surface area contributed by atoms with Crippen LogP contribution >= 0.6 is 15.9 Å². The second-order valence-electron chi connectivity index (χ2n) is 5.96. The van der Waals surface area contributed by atoms with Gasteiger partial charge in [-0.05, 0) is 71.1 Å². The van der Waals surface area contributed by atoms with Crippen molar-refractivity contribution in [3.63, 3.8) is 0 Å². The van der Waals surface area contributed by atoms with E-state index in [0.717, 1.165) is 15.7 Å². The maximum absolute atomic E-state index is 12.3. The van der Waals surface area contributed by atoms with Crippen molar-refractivity contribution in [2.75, 3.05) is 5.32 Å². The maximum Gasteiger partial charge on any atom is 0.265 e. The molecule has 1 atom stereocenters. The van der Waals surface area contributed by atoms with Crippen molar-refractivity contribution in [2.24, 2.45) is 0 Å². The third-order valence-corrected chi connectivity index (χ3v) is 4.27. The molecule has 2 aromatic carbocycles. The van der Waals surface area contributed by atoms with E-state index in [1.54, 1.807) is 6.92 Å². The van der Waals surface area contributed by atoms with Crippen molar-refractivity contribution in [2.45, 2.75) is 39.7 Å². The molecule has 0 fully saturated rings. The van der Waals surface area contributed by atoms with Crippen molar-refractivity contribution in [3.8, 4) is 5.75 Å². The normalized spacial score (nSPS) is 12.1. The van der Waals surface area contributed by atoms with E-state index in [1.165, 1.54) is 5.56 Å². The lowest BCUT2D eigenvalue weighted by Crippen LogP contribution is -2.30. The highest BCUT2D eigenvalue weighted by Crippen LogP contribution is 2.24. The molecule has 23 heavy (non-hydrogen) atoms. The van der Waals surface area contributed by atoms with E-state index in [4.69, 9.17) is 4.74 Å². The molecule has 0 heterocycles. The molecule has 0 radical (unpaired) electrons. The zero-order valence-electron chi connectivity index (χ0n) is 13.9. The van der Waals surface area contributed by atoms with Crippen molar-refractivity contribution < 1.29 is 9.53 Å². The molecule has 0 aliphatic rings. The molecule has 0 aliphatic heterocycles. The average molecular weight is 376 g/mol. The van der Waals surface area contributed by atoms with Gasteiger partial charge < -0.3 is 10.1 Å². The van der Waals surface area contributed by atoms with Crippen LogP contribution in [0.4, 0.5) is 5.69 Å². The van der Waals surface area contributed by atoms with E-state index in [-0.39, 0.29) is 5.91 Å². The molecular weight excluding hydrogens is 354 g/mol. The summed E-state index contributed by atoms with van der Waals surface area (Å²) in [5.41, 5.74) is 3.12. The quantitative estimate of drug-likeness (QED) is 0.770. The second-order valence-corrected chi connectivity index (χ2v) is 6.81. The Balaban J connectivity index is 1.99. The molecule has 1 amide bonds. The van der Waals surface area contributed by atoms with Gasteiger partial charge in [0.2, 0.25) is 0 Å². The van der Waals surface area contributed by atoms with E-state index in [1.807, 2.05) is 49.4 Å². The molecule has 0 saturated carbocycles. The Morgan fingerprint density at radius 1 is 1.09 bits per heavy atom. The van der Waals surface area contributed by atoms with Gasteiger partial charge in [-0.15, -0.1) is 0 Å². The predicted molar refractivity (Wildman–Crippen MR) is 98.1 cm³/mol. The van der Waals surface area contributed by atoms with Crippen LogP contribution in [0.25, 0.3) is 0 Å². The average Bonchev–Trinajstić information content (AvgIpc) is 2.50. The van der Waals surface area contributed by atoms with Gasteiger partial charge in [-0.3, -0.25) is 4.79 Å². The smallest absolute Gasteiger partial charge is 0.265 e. The number of hydrogen-bond acceptors (Lipinski definition) is 2. The number of carbonyl (C=O) groups is 1. The molecule has 0 saturated heterocycles. The van der Waals surface area contributed by atoms with Crippen LogP contribution in [-0.4, -0.2) is 12.0 Å². The van der Waals surface area contributed by atoms with Gasteiger partial charge >= 0.3 is 0 Å². The van der Waals surface area contributed by atoms with Gasteiger partial charge in [0.25, 0.3) is 5.91 Å². The number of nitrogens with one attached hydrogen (secondary N) is 1. The first-order valence-corrected chi connectivity index (χ1v) is 8.49. The summed E-state index contributed by atoms with van der Waals surface area (Å²) < 4.78 is 6.58. The summed E-state index contributed by atoms with van der Waals surface area (Å²) in [6, 6.07) is 13.7. The highest BCUT2D eigenvalue weighted by molar-refractivity contribution is 9.10. The monoisotopic (exact) mass is 375 g/mol. The van der Waals surface area contributed by atoms with Crippen LogP contribution in [0.2, 0.25) is 0 Å². The lowest BCUT2D eigenvalue weighted by Gasteiger charge is -2.16. The summed E-state index contributed by atoms with van der Waals surface area (Å²) in [7, 11) is 0.